The Balaban J connectivity index is 2.53. The number of non-ortho nitro benzene ring substituents is 1. The van der Waals surface area contributed by atoms with Crippen LogP contribution in [0.3, 0.4) is 0 Å². The topological polar surface area (TPSA) is 108 Å². The largest absolute Gasteiger partial charge is 0.365 e. The molecule has 1 aromatic heterocycles. The number of hydrogen-bond acceptors (Lipinski definition) is 6. The third-order valence-corrected chi connectivity index (χ3v) is 1.78. The van der Waals surface area contributed by atoms with Crippen LogP contribution in [0.1, 0.15) is 0 Å². The summed E-state index contributed by atoms with van der Waals surface area (Å²) >= 11 is 0. The molecule has 0 spiro atoms. The van der Waals surface area contributed by atoms with E-state index in [1.54, 1.807) is 0 Å². The molecular weight excluding hydrogens is 219 g/mol. The number of rotatable bonds is 2. The summed E-state index contributed by atoms with van der Waals surface area (Å²) in [5, 5.41) is 13.8. The summed E-state index contributed by atoms with van der Waals surface area (Å²) < 4.78 is 17.7. The van der Waals surface area contributed by atoms with Crippen LogP contribution >= 0.6 is 0 Å². The van der Waals surface area contributed by atoms with Crippen LogP contribution in [-0.2, 0) is 0 Å². The van der Waals surface area contributed by atoms with Gasteiger partial charge in [0.25, 0.3) is 17.5 Å². The fourth-order valence-corrected chi connectivity index (χ4v) is 1.16. The molecule has 0 radical (unpaired) electrons. The number of benzene rings is 1. The van der Waals surface area contributed by atoms with Crippen LogP contribution in [-0.4, -0.2) is 15.1 Å². The van der Waals surface area contributed by atoms with Crippen molar-refractivity contribution in [2.45, 2.75) is 0 Å². The van der Waals surface area contributed by atoms with Gasteiger partial charge in [0, 0.05) is 11.6 Å². The summed E-state index contributed by atoms with van der Waals surface area (Å²) in [5.41, 5.74) is 4.92. The van der Waals surface area contributed by atoms with Crippen LogP contribution in [0.2, 0.25) is 0 Å². The lowest BCUT2D eigenvalue weighted by atomic mass is 10.2. The van der Waals surface area contributed by atoms with Crippen molar-refractivity contribution in [2.75, 3.05) is 5.73 Å². The SMILES string of the molecule is Nc1noc(-c2cc(F)cc([N+](=O)[O-])c2)n1. The normalized spacial score (nSPS) is 10.3. The van der Waals surface area contributed by atoms with Crippen LogP contribution in [0, 0.1) is 15.9 Å². The molecule has 8 heteroatoms. The predicted octanol–water partition coefficient (Wildman–Crippen LogP) is 1.37. The first-order valence-corrected chi connectivity index (χ1v) is 4.11. The number of halogens is 1. The molecule has 2 rings (SSSR count). The molecule has 1 aromatic carbocycles. The maximum absolute atomic E-state index is 13.1. The number of nitro groups is 1. The van der Waals surface area contributed by atoms with Gasteiger partial charge in [0.05, 0.1) is 11.0 Å². The molecule has 82 valence electrons. The van der Waals surface area contributed by atoms with E-state index in [2.05, 4.69) is 14.7 Å². The van der Waals surface area contributed by atoms with E-state index in [1.165, 1.54) is 0 Å². The van der Waals surface area contributed by atoms with E-state index in [1.807, 2.05) is 0 Å². The van der Waals surface area contributed by atoms with Crippen molar-refractivity contribution >= 4 is 11.6 Å². The van der Waals surface area contributed by atoms with Crippen LogP contribution in [0.25, 0.3) is 11.5 Å². The van der Waals surface area contributed by atoms with E-state index in [4.69, 9.17) is 5.73 Å². The maximum atomic E-state index is 13.1. The van der Waals surface area contributed by atoms with Gasteiger partial charge in [-0.15, -0.1) is 0 Å². The number of hydrogen-bond donors (Lipinski definition) is 1. The van der Waals surface area contributed by atoms with Gasteiger partial charge in [0.15, 0.2) is 0 Å². The third kappa shape index (κ3) is 1.80. The monoisotopic (exact) mass is 224 g/mol. The average Bonchev–Trinajstić information content (AvgIpc) is 2.64. The van der Waals surface area contributed by atoms with E-state index < -0.39 is 16.4 Å². The van der Waals surface area contributed by atoms with Crippen LogP contribution in [0.15, 0.2) is 22.7 Å². The molecule has 1 heterocycles. The van der Waals surface area contributed by atoms with Gasteiger partial charge in [-0.05, 0) is 11.2 Å². The molecule has 7 nitrogen and oxygen atoms in total. The fourth-order valence-electron chi connectivity index (χ4n) is 1.16. The Labute approximate surface area is 87.8 Å². The summed E-state index contributed by atoms with van der Waals surface area (Å²) in [4.78, 5) is 13.4. The van der Waals surface area contributed by atoms with Gasteiger partial charge in [-0.1, -0.05) is 0 Å². The standard InChI is InChI=1S/C8H5FN4O3/c9-5-1-4(2-6(3-5)13(14)15)7-11-8(10)12-16-7/h1-3H,(H2,10,12). The highest BCUT2D eigenvalue weighted by Crippen LogP contribution is 2.24. The number of aromatic nitrogens is 2. The zero-order valence-corrected chi connectivity index (χ0v) is 7.75. The number of nitro benzene ring substituents is 1. The highest BCUT2D eigenvalue weighted by Gasteiger charge is 2.14. The number of anilines is 1. The van der Waals surface area contributed by atoms with Gasteiger partial charge >= 0.3 is 0 Å². The Morgan fingerprint density at radius 2 is 2.19 bits per heavy atom. The second kappa shape index (κ2) is 3.57. The molecular formula is C8H5FN4O3. The van der Waals surface area contributed by atoms with Crippen molar-refractivity contribution in [3.8, 4) is 11.5 Å². The summed E-state index contributed by atoms with van der Waals surface area (Å²) in [7, 11) is 0. The minimum Gasteiger partial charge on any atom is -0.365 e. The summed E-state index contributed by atoms with van der Waals surface area (Å²) in [5.74, 6) is -0.956. The summed E-state index contributed by atoms with van der Waals surface area (Å²) in [6, 6.07) is 2.96. The van der Waals surface area contributed by atoms with Gasteiger partial charge in [-0.2, -0.15) is 4.98 Å². The number of nitrogens with zero attached hydrogens (tertiary/aromatic N) is 3. The lowest BCUT2D eigenvalue weighted by Gasteiger charge is -1.95. The van der Waals surface area contributed by atoms with Gasteiger partial charge in [-0.3, -0.25) is 10.1 Å². The predicted molar refractivity (Wildman–Crippen MR) is 50.8 cm³/mol. The number of nitrogens with two attached hydrogens (primary N) is 1. The molecule has 0 aliphatic carbocycles. The van der Waals surface area contributed by atoms with Gasteiger partial charge < -0.3 is 10.3 Å². The Bertz CT molecular complexity index is 554. The molecule has 0 saturated carbocycles. The zero-order chi connectivity index (χ0) is 11.7. The smallest absolute Gasteiger partial charge is 0.273 e. The molecule has 2 N–H and O–H groups in total. The van der Waals surface area contributed by atoms with Crippen molar-refractivity contribution in [3.63, 3.8) is 0 Å². The molecule has 0 fully saturated rings. The quantitative estimate of drug-likeness (QED) is 0.609. The van der Waals surface area contributed by atoms with Crippen molar-refractivity contribution in [1.82, 2.24) is 10.1 Å². The molecule has 16 heavy (non-hydrogen) atoms. The van der Waals surface area contributed by atoms with E-state index in [9.17, 15) is 14.5 Å². The molecule has 0 atom stereocenters. The Morgan fingerprint density at radius 3 is 2.75 bits per heavy atom. The second-order valence-corrected chi connectivity index (χ2v) is 2.91. The summed E-state index contributed by atoms with van der Waals surface area (Å²) in [6.45, 7) is 0. The first-order chi connectivity index (χ1) is 7.56. The fraction of sp³-hybridized carbons (Fsp3) is 0. The lowest BCUT2D eigenvalue weighted by Crippen LogP contribution is -1.91. The molecule has 0 bridgehead atoms. The van der Waals surface area contributed by atoms with Gasteiger partial charge in [0.1, 0.15) is 5.82 Å². The minimum atomic E-state index is -0.763. The highest BCUT2D eigenvalue weighted by atomic mass is 19.1. The van der Waals surface area contributed by atoms with Crippen LogP contribution in [0.5, 0.6) is 0 Å². The maximum Gasteiger partial charge on any atom is 0.273 e. The van der Waals surface area contributed by atoms with E-state index in [0.29, 0.717) is 0 Å². The first-order valence-electron chi connectivity index (χ1n) is 4.11. The van der Waals surface area contributed by atoms with Crippen molar-refractivity contribution in [2.24, 2.45) is 0 Å². The van der Waals surface area contributed by atoms with E-state index in [-0.39, 0.29) is 17.4 Å². The Morgan fingerprint density at radius 1 is 1.44 bits per heavy atom. The first kappa shape index (κ1) is 10.0. The van der Waals surface area contributed by atoms with Crippen molar-refractivity contribution < 1.29 is 13.8 Å². The van der Waals surface area contributed by atoms with E-state index in [0.717, 1.165) is 18.2 Å². The van der Waals surface area contributed by atoms with Gasteiger partial charge in [0.2, 0.25) is 0 Å². The summed E-state index contributed by atoms with van der Waals surface area (Å²) in [6.07, 6.45) is 0. The molecule has 0 saturated heterocycles. The highest BCUT2D eigenvalue weighted by molar-refractivity contribution is 5.58. The average molecular weight is 224 g/mol. The Hall–Kier alpha value is -2.51. The molecule has 0 aliphatic heterocycles. The minimum absolute atomic E-state index is 0.0694. The van der Waals surface area contributed by atoms with Crippen LogP contribution in [0.4, 0.5) is 16.0 Å². The second-order valence-electron chi connectivity index (χ2n) is 2.91. The van der Waals surface area contributed by atoms with Gasteiger partial charge in [-0.25, -0.2) is 4.39 Å². The zero-order valence-electron chi connectivity index (χ0n) is 7.75. The number of nitrogen functional groups attached to an aromatic ring is 1. The lowest BCUT2D eigenvalue weighted by molar-refractivity contribution is -0.385. The Kier molecular flexibility index (Phi) is 2.24. The molecule has 0 aliphatic rings. The van der Waals surface area contributed by atoms with Crippen molar-refractivity contribution in [1.29, 1.82) is 0 Å². The third-order valence-electron chi connectivity index (χ3n) is 1.78. The molecule has 2 aromatic rings. The van der Waals surface area contributed by atoms with Crippen molar-refractivity contribution in [3.05, 3.63) is 34.1 Å². The van der Waals surface area contributed by atoms with E-state index >= 15 is 0 Å². The molecule has 0 unspecified atom stereocenters. The molecule has 0 amide bonds. The van der Waals surface area contributed by atoms with Crippen LogP contribution < -0.4 is 5.73 Å².